The first-order chi connectivity index (χ1) is 9.76. The second-order valence-corrected chi connectivity index (χ2v) is 17.3. The molecule has 0 spiro atoms. The van der Waals surface area contributed by atoms with E-state index in [0.29, 0.717) is 6.10 Å². The van der Waals surface area contributed by atoms with Crippen LogP contribution in [0.1, 0.15) is 78.6 Å². The van der Waals surface area contributed by atoms with Crippen LogP contribution in [0.25, 0.3) is 0 Å². The van der Waals surface area contributed by atoms with Gasteiger partial charge in [-0.15, -0.1) is 0 Å². The summed E-state index contributed by atoms with van der Waals surface area (Å²) in [5, 5.41) is 6.39. The van der Waals surface area contributed by atoms with E-state index in [1.807, 2.05) is 0 Å². The first-order valence-corrected chi connectivity index (χ1v) is 15.3. The molecule has 0 aromatic rings. The second kappa shape index (κ2) is 11.1. The molecule has 0 N–H and O–H groups in total. The van der Waals surface area contributed by atoms with Gasteiger partial charge in [0.25, 0.3) is 0 Å². The molecule has 0 saturated carbocycles. The molecule has 1 aliphatic rings. The van der Waals surface area contributed by atoms with Crippen LogP contribution in [0, 0.1) is 0 Å². The Morgan fingerprint density at radius 2 is 1.40 bits per heavy atom. The Morgan fingerprint density at radius 3 is 1.80 bits per heavy atom. The number of hydrogen-bond donors (Lipinski definition) is 0. The standard InChI is InChI=1S/C18H38GeO/c1-4-7-13-19(14-8-5-2,15-9-6-3)17-18-12-10-11-16-20-18/h18H,4-17H2,1-3H3. The van der Waals surface area contributed by atoms with E-state index < -0.39 is 13.3 Å². The Labute approximate surface area is 130 Å². The topological polar surface area (TPSA) is 9.23 Å². The summed E-state index contributed by atoms with van der Waals surface area (Å²) in [7, 11) is 0. The average Bonchev–Trinajstić information content (AvgIpc) is 2.49. The van der Waals surface area contributed by atoms with Crippen LogP contribution < -0.4 is 0 Å². The molecule has 1 saturated heterocycles. The van der Waals surface area contributed by atoms with Gasteiger partial charge in [-0.3, -0.25) is 0 Å². The molecule has 1 atom stereocenters. The first-order valence-electron chi connectivity index (χ1n) is 9.38. The van der Waals surface area contributed by atoms with E-state index in [1.54, 1.807) is 15.8 Å². The first kappa shape index (κ1) is 18.6. The van der Waals surface area contributed by atoms with E-state index in [1.165, 1.54) is 63.0 Å². The minimum atomic E-state index is -1.65. The molecule has 1 nitrogen and oxygen atoms in total. The molecule has 1 aliphatic heterocycles. The summed E-state index contributed by atoms with van der Waals surface area (Å²) < 4.78 is 6.12. The summed E-state index contributed by atoms with van der Waals surface area (Å²) in [5.74, 6) is 0. The van der Waals surface area contributed by atoms with E-state index >= 15 is 0 Å². The maximum atomic E-state index is 6.12. The Bertz CT molecular complexity index is 202. The Kier molecular flexibility index (Phi) is 10.3. The number of ether oxygens (including phenoxy) is 1. The summed E-state index contributed by atoms with van der Waals surface area (Å²) in [4.78, 5) is 0. The molecule has 0 aromatic carbocycles. The fourth-order valence-electron chi connectivity index (χ4n) is 3.79. The van der Waals surface area contributed by atoms with Gasteiger partial charge in [-0.2, -0.15) is 0 Å². The van der Waals surface area contributed by atoms with Gasteiger partial charge in [-0.25, -0.2) is 0 Å². The van der Waals surface area contributed by atoms with E-state index in [4.69, 9.17) is 4.74 Å². The third-order valence-corrected chi connectivity index (χ3v) is 16.8. The van der Waals surface area contributed by atoms with Crippen LogP contribution in [0.4, 0.5) is 0 Å². The van der Waals surface area contributed by atoms with Crippen molar-refractivity contribution in [2.45, 2.75) is 106 Å². The van der Waals surface area contributed by atoms with Crippen molar-refractivity contribution >= 4 is 13.3 Å². The van der Waals surface area contributed by atoms with Crippen molar-refractivity contribution in [3.8, 4) is 0 Å². The molecule has 0 radical (unpaired) electrons. The van der Waals surface area contributed by atoms with Gasteiger partial charge in [-0.1, -0.05) is 0 Å². The van der Waals surface area contributed by atoms with Crippen molar-refractivity contribution in [1.29, 1.82) is 0 Å². The molecule has 1 fully saturated rings. The van der Waals surface area contributed by atoms with Crippen molar-refractivity contribution in [2.24, 2.45) is 0 Å². The van der Waals surface area contributed by atoms with Crippen molar-refractivity contribution in [3.05, 3.63) is 0 Å². The van der Waals surface area contributed by atoms with Crippen LogP contribution in [0.2, 0.25) is 21.0 Å². The van der Waals surface area contributed by atoms with Gasteiger partial charge in [0, 0.05) is 0 Å². The van der Waals surface area contributed by atoms with Gasteiger partial charge in [0.2, 0.25) is 0 Å². The quantitative estimate of drug-likeness (QED) is 0.394. The summed E-state index contributed by atoms with van der Waals surface area (Å²) in [6, 6.07) is 0. The van der Waals surface area contributed by atoms with Crippen LogP contribution in [0.5, 0.6) is 0 Å². The zero-order chi connectivity index (χ0) is 14.7. The van der Waals surface area contributed by atoms with Crippen molar-refractivity contribution < 1.29 is 4.74 Å². The molecule has 0 amide bonds. The van der Waals surface area contributed by atoms with E-state index in [9.17, 15) is 0 Å². The van der Waals surface area contributed by atoms with Crippen LogP contribution in [0.3, 0.4) is 0 Å². The summed E-state index contributed by atoms with van der Waals surface area (Å²) in [6.45, 7) is 8.13. The molecule has 20 heavy (non-hydrogen) atoms. The maximum absolute atomic E-state index is 6.12. The van der Waals surface area contributed by atoms with E-state index in [-0.39, 0.29) is 0 Å². The summed E-state index contributed by atoms with van der Waals surface area (Å²) in [5.41, 5.74) is 0. The third-order valence-electron chi connectivity index (χ3n) is 5.12. The summed E-state index contributed by atoms with van der Waals surface area (Å²) in [6.07, 6.45) is 13.3. The molecule has 2 heteroatoms. The SMILES string of the molecule is CCC[CH2][Ge]([CH2]CCC)([CH2]CCC)[CH2]C1CCCCO1. The van der Waals surface area contributed by atoms with Crippen LogP contribution >= 0.6 is 0 Å². The summed E-state index contributed by atoms with van der Waals surface area (Å²) >= 11 is -1.65. The molecule has 1 unspecified atom stereocenters. The third kappa shape index (κ3) is 6.98. The number of hydrogen-bond acceptors (Lipinski definition) is 1. The zero-order valence-corrected chi connectivity index (χ0v) is 16.5. The number of rotatable bonds is 11. The Hall–Kier alpha value is 0.503. The van der Waals surface area contributed by atoms with Gasteiger partial charge in [0.05, 0.1) is 0 Å². The van der Waals surface area contributed by atoms with Crippen molar-refractivity contribution in [1.82, 2.24) is 0 Å². The molecule has 120 valence electrons. The molecular formula is C18H38GeO. The van der Waals surface area contributed by atoms with Crippen LogP contribution in [0.15, 0.2) is 0 Å². The van der Waals surface area contributed by atoms with Gasteiger partial charge >= 0.3 is 130 Å². The fraction of sp³-hybridized carbons (Fsp3) is 1.00. The molecule has 1 rings (SSSR count). The van der Waals surface area contributed by atoms with Gasteiger partial charge in [0.1, 0.15) is 0 Å². The monoisotopic (exact) mass is 344 g/mol. The van der Waals surface area contributed by atoms with Crippen LogP contribution in [-0.4, -0.2) is 26.0 Å². The van der Waals surface area contributed by atoms with E-state index in [2.05, 4.69) is 20.8 Å². The van der Waals surface area contributed by atoms with Gasteiger partial charge < -0.3 is 0 Å². The second-order valence-electron chi connectivity index (χ2n) is 7.00. The molecule has 0 aromatic heterocycles. The van der Waals surface area contributed by atoms with Gasteiger partial charge in [-0.05, 0) is 0 Å². The zero-order valence-electron chi connectivity index (χ0n) is 14.4. The minimum absolute atomic E-state index is 0.648. The van der Waals surface area contributed by atoms with E-state index in [0.717, 1.165) is 6.61 Å². The molecule has 0 aliphatic carbocycles. The molecular weight excluding hydrogens is 305 g/mol. The normalized spacial score (nSPS) is 20.2. The van der Waals surface area contributed by atoms with Gasteiger partial charge in [0.15, 0.2) is 0 Å². The average molecular weight is 343 g/mol. The predicted octanol–water partition coefficient (Wildman–Crippen LogP) is 6.40. The Morgan fingerprint density at radius 1 is 0.850 bits per heavy atom. The predicted molar refractivity (Wildman–Crippen MR) is 93.3 cm³/mol. The van der Waals surface area contributed by atoms with Crippen molar-refractivity contribution in [3.63, 3.8) is 0 Å². The Balaban J connectivity index is 2.64. The number of unbranched alkanes of at least 4 members (excludes halogenated alkanes) is 3. The van der Waals surface area contributed by atoms with Crippen molar-refractivity contribution in [2.75, 3.05) is 6.61 Å². The molecule has 0 bridgehead atoms. The fourth-order valence-corrected chi connectivity index (χ4v) is 16.3. The van der Waals surface area contributed by atoms with Crippen LogP contribution in [-0.2, 0) is 4.74 Å². The molecule has 1 heterocycles.